The van der Waals surface area contributed by atoms with Gasteiger partial charge in [-0.05, 0) is 25.0 Å². The minimum Gasteiger partial charge on any atom is -0.350 e. The van der Waals surface area contributed by atoms with Gasteiger partial charge in [-0.25, -0.2) is 4.98 Å². The van der Waals surface area contributed by atoms with Gasteiger partial charge in [-0.3, -0.25) is 14.6 Å². The van der Waals surface area contributed by atoms with Gasteiger partial charge in [-0.1, -0.05) is 36.4 Å². The average molecular weight is 407 g/mol. The second-order valence-corrected chi connectivity index (χ2v) is 7.87. The molecule has 1 aromatic carbocycles. The van der Waals surface area contributed by atoms with Crippen molar-refractivity contribution in [1.82, 2.24) is 20.2 Å². The zero-order valence-corrected chi connectivity index (χ0v) is 16.8. The highest BCUT2D eigenvalue weighted by molar-refractivity contribution is 7.13. The fourth-order valence-electron chi connectivity index (χ4n) is 3.42. The van der Waals surface area contributed by atoms with Gasteiger partial charge < -0.3 is 10.2 Å². The Labute approximate surface area is 173 Å². The predicted molar refractivity (Wildman–Crippen MR) is 112 cm³/mol. The first-order valence-electron chi connectivity index (χ1n) is 9.68. The number of hydrogen-bond donors (Lipinski definition) is 1. The summed E-state index contributed by atoms with van der Waals surface area (Å²) < 4.78 is 0. The minimum atomic E-state index is -0.0741. The molecule has 0 bridgehead atoms. The molecule has 1 saturated heterocycles. The van der Waals surface area contributed by atoms with Crippen LogP contribution in [0.25, 0.3) is 10.6 Å². The Morgan fingerprint density at radius 3 is 2.55 bits per heavy atom. The van der Waals surface area contributed by atoms with E-state index in [4.69, 9.17) is 0 Å². The van der Waals surface area contributed by atoms with Gasteiger partial charge in [0.05, 0.1) is 12.2 Å². The van der Waals surface area contributed by atoms with Gasteiger partial charge in [0.2, 0.25) is 5.91 Å². The van der Waals surface area contributed by atoms with Crippen molar-refractivity contribution in [3.05, 3.63) is 71.5 Å². The highest BCUT2D eigenvalue weighted by atomic mass is 32.1. The summed E-state index contributed by atoms with van der Waals surface area (Å²) in [5.41, 5.74) is 2.40. The van der Waals surface area contributed by atoms with Crippen molar-refractivity contribution in [2.75, 3.05) is 13.1 Å². The zero-order valence-electron chi connectivity index (χ0n) is 16.0. The lowest BCUT2D eigenvalue weighted by Gasteiger charge is -2.31. The molecule has 3 heterocycles. The maximum absolute atomic E-state index is 12.5. The van der Waals surface area contributed by atoms with Crippen LogP contribution in [0.4, 0.5) is 0 Å². The Morgan fingerprint density at radius 2 is 1.83 bits per heavy atom. The Morgan fingerprint density at radius 1 is 1.07 bits per heavy atom. The monoisotopic (exact) mass is 406 g/mol. The lowest BCUT2D eigenvalue weighted by Crippen LogP contribution is -2.43. The maximum atomic E-state index is 12.5. The summed E-state index contributed by atoms with van der Waals surface area (Å²) in [6.07, 6.45) is 2.95. The molecule has 0 radical (unpaired) electrons. The highest BCUT2D eigenvalue weighted by Gasteiger charge is 2.28. The molecule has 148 valence electrons. The van der Waals surface area contributed by atoms with Gasteiger partial charge in [-0.2, -0.15) is 0 Å². The molecule has 0 spiro atoms. The fourth-order valence-corrected chi connectivity index (χ4v) is 4.25. The number of nitrogens with one attached hydrogen (secondary N) is 1. The summed E-state index contributed by atoms with van der Waals surface area (Å²) in [5, 5.41) is 5.94. The smallest absolute Gasteiger partial charge is 0.272 e. The molecule has 4 rings (SSSR count). The van der Waals surface area contributed by atoms with Crippen LogP contribution in [-0.4, -0.2) is 39.8 Å². The lowest BCUT2D eigenvalue weighted by molar-refractivity contribution is -0.126. The number of nitrogens with zero attached hydrogens (tertiary/aromatic N) is 3. The van der Waals surface area contributed by atoms with Crippen LogP contribution in [0.5, 0.6) is 0 Å². The van der Waals surface area contributed by atoms with Crippen LogP contribution < -0.4 is 5.32 Å². The normalized spacial score (nSPS) is 14.6. The molecule has 3 aromatic rings. The number of thiazole rings is 1. The molecule has 1 fully saturated rings. The SMILES string of the molecule is O=C(NCc1csc(-c2ccccc2)n1)C1CCN(C(=O)c2ccccn2)CC1. The first-order chi connectivity index (χ1) is 14.2. The summed E-state index contributed by atoms with van der Waals surface area (Å²) in [5.74, 6) is -0.111. The average Bonchev–Trinajstić information content (AvgIpc) is 3.27. The van der Waals surface area contributed by atoms with Gasteiger partial charge in [0.25, 0.3) is 5.91 Å². The quantitative estimate of drug-likeness (QED) is 0.705. The van der Waals surface area contributed by atoms with Crippen molar-refractivity contribution in [2.24, 2.45) is 5.92 Å². The molecule has 0 saturated carbocycles. The molecule has 0 atom stereocenters. The summed E-state index contributed by atoms with van der Waals surface area (Å²) in [4.78, 5) is 35.5. The van der Waals surface area contributed by atoms with Crippen LogP contribution in [0, 0.1) is 5.92 Å². The van der Waals surface area contributed by atoms with Crippen molar-refractivity contribution < 1.29 is 9.59 Å². The largest absolute Gasteiger partial charge is 0.350 e. The Bertz CT molecular complexity index is 967. The first-order valence-corrected chi connectivity index (χ1v) is 10.6. The van der Waals surface area contributed by atoms with Crippen molar-refractivity contribution in [3.8, 4) is 10.6 Å². The number of aromatic nitrogens is 2. The Kier molecular flexibility index (Phi) is 5.95. The number of carbonyl (C=O) groups is 2. The van der Waals surface area contributed by atoms with E-state index in [-0.39, 0.29) is 17.7 Å². The van der Waals surface area contributed by atoms with Gasteiger partial charge in [-0.15, -0.1) is 11.3 Å². The number of benzene rings is 1. The number of amides is 2. The van der Waals surface area contributed by atoms with E-state index in [0.717, 1.165) is 16.3 Å². The molecule has 1 N–H and O–H groups in total. The standard InChI is InChI=1S/C22H22N4O2S/c27-20(24-14-18-15-29-21(25-18)17-6-2-1-3-7-17)16-9-12-26(13-10-16)22(28)19-8-4-5-11-23-19/h1-8,11,15-16H,9-10,12-14H2,(H,24,27). The van der Waals surface area contributed by atoms with Crippen LogP contribution in [0.3, 0.4) is 0 Å². The van der Waals surface area contributed by atoms with Gasteiger partial charge in [0.15, 0.2) is 0 Å². The fraction of sp³-hybridized carbons (Fsp3) is 0.273. The molecule has 1 aliphatic heterocycles. The van der Waals surface area contributed by atoms with E-state index in [1.54, 1.807) is 34.6 Å². The summed E-state index contributed by atoms with van der Waals surface area (Å²) in [7, 11) is 0. The molecule has 1 aliphatic rings. The molecule has 2 amide bonds. The van der Waals surface area contributed by atoms with Crippen LogP contribution in [-0.2, 0) is 11.3 Å². The van der Waals surface area contributed by atoms with Gasteiger partial charge >= 0.3 is 0 Å². The van der Waals surface area contributed by atoms with Gasteiger partial charge in [0.1, 0.15) is 10.7 Å². The summed E-state index contributed by atoms with van der Waals surface area (Å²) >= 11 is 1.58. The van der Waals surface area contributed by atoms with Crippen molar-refractivity contribution >= 4 is 23.2 Å². The molecule has 6 nitrogen and oxygen atoms in total. The van der Waals surface area contributed by atoms with Crippen molar-refractivity contribution in [1.29, 1.82) is 0 Å². The van der Waals surface area contributed by atoms with E-state index in [9.17, 15) is 9.59 Å². The van der Waals surface area contributed by atoms with Crippen LogP contribution in [0.2, 0.25) is 0 Å². The third kappa shape index (κ3) is 4.68. The second-order valence-electron chi connectivity index (χ2n) is 7.01. The van der Waals surface area contributed by atoms with E-state index in [1.165, 1.54) is 0 Å². The third-order valence-electron chi connectivity index (χ3n) is 5.05. The number of pyridine rings is 1. The third-order valence-corrected chi connectivity index (χ3v) is 5.99. The lowest BCUT2D eigenvalue weighted by atomic mass is 9.95. The maximum Gasteiger partial charge on any atom is 0.272 e. The van der Waals surface area contributed by atoms with E-state index >= 15 is 0 Å². The number of carbonyl (C=O) groups excluding carboxylic acids is 2. The van der Waals surface area contributed by atoms with E-state index in [2.05, 4.69) is 15.3 Å². The predicted octanol–water partition coefficient (Wildman–Crippen LogP) is 3.37. The minimum absolute atomic E-state index is 0.0317. The van der Waals surface area contributed by atoms with E-state index in [1.807, 2.05) is 41.8 Å². The first kappa shape index (κ1) is 19.3. The second kappa shape index (κ2) is 8.96. The number of likely N-dealkylation sites (tertiary alicyclic amines) is 1. The highest BCUT2D eigenvalue weighted by Crippen LogP contribution is 2.23. The van der Waals surface area contributed by atoms with E-state index in [0.29, 0.717) is 38.2 Å². The van der Waals surface area contributed by atoms with Crippen LogP contribution >= 0.6 is 11.3 Å². The summed E-state index contributed by atoms with van der Waals surface area (Å²) in [6, 6.07) is 15.3. The zero-order chi connectivity index (χ0) is 20.1. The number of piperidine rings is 1. The molecule has 7 heteroatoms. The molecule has 0 unspecified atom stereocenters. The number of hydrogen-bond acceptors (Lipinski definition) is 5. The van der Waals surface area contributed by atoms with E-state index < -0.39 is 0 Å². The molecule has 2 aromatic heterocycles. The Hall–Kier alpha value is -3.06. The Balaban J connectivity index is 1.26. The van der Waals surface area contributed by atoms with Gasteiger partial charge in [0, 0.05) is 36.1 Å². The molecular formula is C22H22N4O2S. The molecule has 0 aliphatic carbocycles. The van der Waals surface area contributed by atoms with Crippen molar-refractivity contribution in [2.45, 2.75) is 19.4 Å². The van der Waals surface area contributed by atoms with Crippen LogP contribution in [0.15, 0.2) is 60.1 Å². The molecular weight excluding hydrogens is 384 g/mol. The summed E-state index contributed by atoms with van der Waals surface area (Å²) in [6.45, 7) is 1.57. The number of rotatable bonds is 5. The van der Waals surface area contributed by atoms with Crippen molar-refractivity contribution in [3.63, 3.8) is 0 Å². The topological polar surface area (TPSA) is 75.2 Å². The van der Waals surface area contributed by atoms with Crippen LogP contribution in [0.1, 0.15) is 29.0 Å². The molecule has 29 heavy (non-hydrogen) atoms.